The van der Waals surface area contributed by atoms with Gasteiger partial charge in [-0.15, -0.1) is 11.8 Å². The summed E-state index contributed by atoms with van der Waals surface area (Å²) in [5, 5.41) is -0.305. The Morgan fingerprint density at radius 1 is 1.08 bits per heavy atom. The smallest absolute Gasteiger partial charge is 0.160 e. The Morgan fingerprint density at radius 3 is 2.65 bits per heavy atom. The molecule has 26 heavy (non-hydrogen) atoms. The third-order valence-corrected chi connectivity index (χ3v) is 6.16. The number of ether oxygens (including phenoxy) is 2. The number of thioether (sulfide) groups is 1. The highest BCUT2D eigenvalue weighted by Gasteiger charge is 2.37. The Kier molecular flexibility index (Phi) is 4.44. The molecule has 1 aliphatic heterocycles. The average molecular weight is 371 g/mol. The van der Waals surface area contributed by atoms with Crippen molar-refractivity contribution >= 4 is 28.9 Å². The topological polar surface area (TPSA) is 47.9 Å². The molecule has 2 atom stereocenters. The van der Waals surface area contributed by atoms with E-state index in [2.05, 4.69) is 4.99 Å². The van der Waals surface area contributed by atoms with E-state index >= 15 is 0 Å². The zero-order chi connectivity index (χ0) is 18.3. The van der Waals surface area contributed by atoms with Crippen molar-refractivity contribution in [2.24, 2.45) is 4.99 Å². The first-order valence-electron chi connectivity index (χ1n) is 8.37. The van der Waals surface area contributed by atoms with Gasteiger partial charge in [-0.1, -0.05) is 6.07 Å². The van der Waals surface area contributed by atoms with Crippen molar-refractivity contribution in [3.63, 3.8) is 0 Å². The lowest BCUT2D eigenvalue weighted by atomic mass is 9.81. The highest BCUT2D eigenvalue weighted by Crippen LogP contribution is 2.45. The van der Waals surface area contributed by atoms with E-state index in [-0.39, 0.29) is 22.8 Å². The van der Waals surface area contributed by atoms with Crippen LogP contribution >= 0.6 is 11.8 Å². The van der Waals surface area contributed by atoms with Crippen LogP contribution in [-0.2, 0) is 4.79 Å². The summed E-state index contributed by atoms with van der Waals surface area (Å²) in [6, 6.07) is 10.3. The van der Waals surface area contributed by atoms with Gasteiger partial charge in [0.25, 0.3) is 0 Å². The van der Waals surface area contributed by atoms with E-state index in [1.54, 1.807) is 20.3 Å². The number of methoxy groups -OCH3 is 2. The van der Waals surface area contributed by atoms with E-state index in [1.165, 1.54) is 23.9 Å². The van der Waals surface area contributed by atoms with Gasteiger partial charge in [0.15, 0.2) is 17.3 Å². The molecular formula is C20H18FNO3S. The number of ketones is 1. The summed E-state index contributed by atoms with van der Waals surface area (Å²) >= 11 is 1.41. The largest absolute Gasteiger partial charge is 0.493 e. The highest BCUT2D eigenvalue weighted by atomic mass is 32.2. The van der Waals surface area contributed by atoms with Gasteiger partial charge in [0.1, 0.15) is 11.1 Å². The molecule has 4 rings (SSSR count). The van der Waals surface area contributed by atoms with Crippen LogP contribution in [0.15, 0.2) is 46.3 Å². The Balaban J connectivity index is 1.66. The van der Waals surface area contributed by atoms with E-state index in [0.717, 1.165) is 21.9 Å². The van der Waals surface area contributed by atoms with Crippen molar-refractivity contribution in [3.8, 4) is 11.5 Å². The maximum absolute atomic E-state index is 13.5. The summed E-state index contributed by atoms with van der Waals surface area (Å²) < 4.78 is 24.1. The molecule has 134 valence electrons. The Hall–Kier alpha value is -2.34. The molecule has 1 aliphatic carbocycles. The summed E-state index contributed by atoms with van der Waals surface area (Å²) in [5.74, 6) is 1.20. The molecule has 1 fully saturated rings. The summed E-state index contributed by atoms with van der Waals surface area (Å²) in [7, 11) is 3.20. The third-order valence-electron chi connectivity index (χ3n) is 4.81. The number of halogens is 1. The van der Waals surface area contributed by atoms with Gasteiger partial charge in [-0.25, -0.2) is 4.39 Å². The van der Waals surface area contributed by atoms with Crippen LogP contribution in [0.3, 0.4) is 0 Å². The fourth-order valence-corrected chi connectivity index (χ4v) is 4.69. The molecule has 0 amide bonds. The predicted molar refractivity (Wildman–Crippen MR) is 99.7 cm³/mol. The summed E-state index contributed by atoms with van der Waals surface area (Å²) in [5.41, 5.74) is 2.64. The Morgan fingerprint density at radius 2 is 1.88 bits per heavy atom. The molecule has 0 bridgehead atoms. The molecule has 0 radical (unpaired) electrons. The second-order valence-corrected chi connectivity index (χ2v) is 7.55. The summed E-state index contributed by atoms with van der Waals surface area (Å²) in [6.45, 7) is 0. The first-order chi connectivity index (χ1) is 12.6. The second kappa shape index (κ2) is 6.76. The van der Waals surface area contributed by atoms with Crippen molar-refractivity contribution in [1.82, 2.24) is 0 Å². The lowest BCUT2D eigenvalue weighted by Crippen LogP contribution is -2.36. The SMILES string of the molecule is COc1ccc(C2CC(=O)C3Sc4cc(F)ccc4N=C3C2)cc1OC. The maximum Gasteiger partial charge on any atom is 0.160 e. The van der Waals surface area contributed by atoms with Crippen LogP contribution in [0.2, 0.25) is 0 Å². The molecule has 0 spiro atoms. The first-order valence-corrected chi connectivity index (χ1v) is 9.25. The number of carbonyl (C=O) groups is 1. The van der Waals surface area contributed by atoms with E-state index in [9.17, 15) is 9.18 Å². The normalized spacial score (nSPS) is 21.5. The fourth-order valence-electron chi connectivity index (χ4n) is 3.50. The monoisotopic (exact) mass is 371 g/mol. The molecule has 0 saturated heterocycles. The van der Waals surface area contributed by atoms with Crippen LogP contribution in [0.1, 0.15) is 24.3 Å². The molecule has 1 heterocycles. The van der Waals surface area contributed by atoms with Gasteiger partial charge in [0, 0.05) is 17.0 Å². The van der Waals surface area contributed by atoms with Crippen LogP contribution in [0.25, 0.3) is 0 Å². The molecule has 2 aromatic rings. The van der Waals surface area contributed by atoms with Crippen molar-refractivity contribution in [1.29, 1.82) is 0 Å². The number of carbonyl (C=O) groups excluding carboxylic acids is 1. The van der Waals surface area contributed by atoms with Crippen LogP contribution in [-0.4, -0.2) is 31.0 Å². The molecular weight excluding hydrogens is 353 g/mol. The molecule has 2 unspecified atom stereocenters. The molecule has 0 N–H and O–H groups in total. The fraction of sp³-hybridized carbons (Fsp3) is 0.300. The van der Waals surface area contributed by atoms with E-state index in [4.69, 9.17) is 9.47 Å². The van der Waals surface area contributed by atoms with Gasteiger partial charge in [0.2, 0.25) is 0 Å². The van der Waals surface area contributed by atoms with Gasteiger partial charge < -0.3 is 9.47 Å². The number of hydrogen-bond acceptors (Lipinski definition) is 5. The van der Waals surface area contributed by atoms with Crippen molar-refractivity contribution in [2.45, 2.75) is 28.9 Å². The van der Waals surface area contributed by atoms with Crippen LogP contribution in [0.4, 0.5) is 10.1 Å². The average Bonchev–Trinajstić information content (AvgIpc) is 2.66. The minimum Gasteiger partial charge on any atom is -0.493 e. The lowest BCUT2D eigenvalue weighted by molar-refractivity contribution is -0.118. The quantitative estimate of drug-likeness (QED) is 0.795. The van der Waals surface area contributed by atoms with E-state index in [0.29, 0.717) is 24.3 Å². The number of benzene rings is 2. The van der Waals surface area contributed by atoms with Gasteiger partial charge in [-0.05, 0) is 48.2 Å². The number of fused-ring (bicyclic) bond motifs is 2. The predicted octanol–water partition coefficient (Wildman–Crippen LogP) is 4.54. The van der Waals surface area contributed by atoms with E-state index < -0.39 is 0 Å². The van der Waals surface area contributed by atoms with Crippen molar-refractivity contribution < 1.29 is 18.7 Å². The third kappa shape index (κ3) is 2.98. The molecule has 6 heteroatoms. The van der Waals surface area contributed by atoms with Crippen LogP contribution < -0.4 is 9.47 Å². The Bertz CT molecular complexity index is 912. The summed E-state index contributed by atoms with van der Waals surface area (Å²) in [6.07, 6.45) is 1.15. The van der Waals surface area contributed by atoms with Crippen LogP contribution in [0, 0.1) is 5.82 Å². The lowest BCUT2D eigenvalue weighted by Gasteiger charge is -2.32. The highest BCUT2D eigenvalue weighted by molar-refractivity contribution is 8.01. The van der Waals surface area contributed by atoms with E-state index in [1.807, 2.05) is 18.2 Å². The number of Topliss-reactive ketones (excluding diaryl/α,β-unsaturated/α-hetero) is 1. The molecule has 0 aromatic heterocycles. The van der Waals surface area contributed by atoms with Crippen molar-refractivity contribution in [3.05, 3.63) is 47.8 Å². The maximum atomic E-state index is 13.5. The Labute approximate surface area is 155 Å². The minimum absolute atomic E-state index is 0.0555. The van der Waals surface area contributed by atoms with Gasteiger partial charge in [0.05, 0.1) is 19.9 Å². The van der Waals surface area contributed by atoms with Crippen molar-refractivity contribution in [2.75, 3.05) is 14.2 Å². The van der Waals surface area contributed by atoms with Gasteiger partial charge in [-0.2, -0.15) is 0 Å². The molecule has 2 aliphatic rings. The van der Waals surface area contributed by atoms with Gasteiger partial charge in [-0.3, -0.25) is 9.79 Å². The molecule has 1 saturated carbocycles. The molecule has 2 aromatic carbocycles. The summed E-state index contributed by atoms with van der Waals surface area (Å²) in [4.78, 5) is 18.1. The number of hydrogen-bond donors (Lipinski definition) is 0. The zero-order valence-electron chi connectivity index (χ0n) is 14.5. The van der Waals surface area contributed by atoms with Gasteiger partial charge >= 0.3 is 0 Å². The standard InChI is InChI=1S/C20H18FNO3S/c1-24-17-6-3-11(9-18(17)25-2)12-7-15-20(16(23)8-12)26-19-10-13(21)4-5-14(19)22-15/h3-6,9-10,12,20H,7-8H2,1-2H3. The number of nitrogens with zero attached hydrogens (tertiary/aromatic N) is 1. The number of aliphatic imine (C=N–C) groups is 1. The first kappa shape index (κ1) is 17.1. The second-order valence-electron chi connectivity index (χ2n) is 6.40. The van der Waals surface area contributed by atoms with Crippen LogP contribution in [0.5, 0.6) is 11.5 Å². The zero-order valence-corrected chi connectivity index (χ0v) is 15.3. The minimum atomic E-state index is -0.305. The molecule has 4 nitrogen and oxygen atoms in total. The number of rotatable bonds is 3.